The highest BCUT2D eigenvalue weighted by Gasteiger charge is 2.38. The van der Waals surface area contributed by atoms with Gasteiger partial charge in [-0.3, -0.25) is 4.79 Å². The van der Waals surface area contributed by atoms with Gasteiger partial charge < -0.3 is 9.80 Å². The van der Waals surface area contributed by atoms with Crippen molar-refractivity contribution >= 4 is 16.7 Å². The van der Waals surface area contributed by atoms with Crippen LogP contribution in [0.1, 0.15) is 46.2 Å². The van der Waals surface area contributed by atoms with E-state index in [0.717, 1.165) is 48.8 Å². The van der Waals surface area contributed by atoms with E-state index in [0.29, 0.717) is 24.6 Å². The maximum absolute atomic E-state index is 14.3. The van der Waals surface area contributed by atoms with Gasteiger partial charge in [0.25, 0.3) is 5.91 Å². The summed E-state index contributed by atoms with van der Waals surface area (Å²) in [5, 5.41) is 1.98. The summed E-state index contributed by atoms with van der Waals surface area (Å²) in [5.74, 6) is -0.996. The molecule has 2 aliphatic heterocycles. The van der Waals surface area contributed by atoms with Crippen molar-refractivity contribution in [2.24, 2.45) is 5.92 Å². The Hall–Kier alpha value is -3.57. The second-order valence-corrected chi connectivity index (χ2v) is 10.8. The van der Waals surface area contributed by atoms with Crippen LogP contribution in [0.4, 0.5) is 8.78 Å². The van der Waals surface area contributed by atoms with Crippen LogP contribution in [0.15, 0.2) is 91.0 Å². The first-order chi connectivity index (χ1) is 18.6. The fraction of sp³-hybridized carbons (Fsp3) is 0.303. The van der Waals surface area contributed by atoms with Gasteiger partial charge in [0, 0.05) is 31.1 Å². The second kappa shape index (κ2) is 10.7. The molecule has 5 heteroatoms. The predicted octanol–water partition coefficient (Wildman–Crippen LogP) is 6.85. The van der Waals surface area contributed by atoms with Gasteiger partial charge in [-0.2, -0.15) is 0 Å². The fourth-order valence-electron chi connectivity index (χ4n) is 6.43. The Morgan fingerprint density at radius 3 is 2.29 bits per heavy atom. The van der Waals surface area contributed by atoms with Gasteiger partial charge in [-0.15, -0.1) is 0 Å². The lowest BCUT2D eigenvalue weighted by atomic mass is 9.86. The average Bonchev–Trinajstić information content (AvgIpc) is 3.38. The van der Waals surface area contributed by atoms with Crippen molar-refractivity contribution in [3.05, 3.63) is 119 Å². The third-order valence-electron chi connectivity index (χ3n) is 8.47. The molecule has 1 amide bonds. The molecular weight excluding hydrogens is 478 g/mol. The quantitative estimate of drug-likeness (QED) is 0.293. The third kappa shape index (κ3) is 4.95. The van der Waals surface area contributed by atoms with Crippen molar-refractivity contribution in [2.45, 2.75) is 24.7 Å². The summed E-state index contributed by atoms with van der Waals surface area (Å²) >= 11 is 0. The number of carbonyl (C=O) groups excluding carboxylic acids is 1. The van der Waals surface area contributed by atoms with Gasteiger partial charge in [0.2, 0.25) is 0 Å². The zero-order valence-electron chi connectivity index (χ0n) is 21.4. The highest BCUT2D eigenvalue weighted by Crippen LogP contribution is 2.37. The number of hydrogen-bond donors (Lipinski definition) is 0. The van der Waals surface area contributed by atoms with Gasteiger partial charge >= 0.3 is 0 Å². The Morgan fingerprint density at radius 1 is 0.763 bits per heavy atom. The van der Waals surface area contributed by atoms with Gasteiger partial charge in [0.05, 0.1) is 0 Å². The Labute approximate surface area is 222 Å². The molecule has 0 spiro atoms. The highest BCUT2D eigenvalue weighted by molar-refractivity contribution is 6.07. The SMILES string of the molecule is O=C(c1cccc2ccccc12)N1C[C@H](CN2CCC(c3ccccc3)CC2)[C@@H](c2ccc(F)c(F)c2)C1. The van der Waals surface area contributed by atoms with Crippen molar-refractivity contribution in [1.29, 1.82) is 0 Å². The molecule has 0 unspecified atom stereocenters. The molecule has 38 heavy (non-hydrogen) atoms. The van der Waals surface area contributed by atoms with E-state index in [-0.39, 0.29) is 17.7 Å². The maximum atomic E-state index is 14.3. The molecular formula is C33H32F2N2O. The van der Waals surface area contributed by atoms with E-state index in [4.69, 9.17) is 0 Å². The van der Waals surface area contributed by atoms with Crippen LogP contribution in [0, 0.1) is 17.6 Å². The molecule has 0 bridgehead atoms. The van der Waals surface area contributed by atoms with Gasteiger partial charge in [0.1, 0.15) is 0 Å². The van der Waals surface area contributed by atoms with Gasteiger partial charge in [-0.1, -0.05) is 72.8 Å². The molecule has 0 N–H and O–H groups in total. The van der Waals surface area contributed by atoms with E-state index < -0.39 is 11.6 Å². The van der Waals surface area contributed by atoms with Gasteiger partial charge in [-0.05, 0) is 77.9 Å². The van der Waals surface area contributed by atoms with E-state index in [9.17, 15) is 13.6 Å². The van der Waals surface area contributed by atoms with Crippen molar-refractivity contribution < 1.29 is 13.6 Å². The Balaban J connectivity index is 1.22. The van der Waals surface area contributed by atoms with Crippen LogP contribution in [-0.4, -0.2) is 48.4 Å². The largest absolute Gasteiger partial charge is 0.338 e. The topological polar surface area (TPSA) is 23.6 Å². The molecule has 2 saturated heterocycles. The minimum Gasteiger partial charge on any atom is -0.338 e. The number of likely N-dealkylation sites (tertiary alicyclic amines) is 2. The number of rotatable bonds is 5. The van der Waals surface area contributed by atoms with E-state index in [1.165, 1.54) is 17.7 Å². The molecule has 3 nitrogen and oxygen atoms in total. The summed E-state index contributed by atoms with van der Waals surface area (Å²) in [6.07, 6.45) is 2.20. The molecule has 4 aromatic carbocycles. The van der Waals surface area contributed by atoms with Crippen LogP contribution in [0.25, 0.3) is 10.8 Å². The zero-order valence-corrected chi connectivity index (χ0v) is 21.4. The number of amides is 1. The fourth-order valence-corrected chi connectivity index (χ4v) is 6.43. The van der Waals surface area contributed by atoms with Crippen molar-refractivity contribution in [1.82, 2.24) is 9.80 Å². The molecule has 0 aromatic heterocycles. The molecule has 194 valence electrons. The van der Waals surface area contributed by atoms with Crippen molar-refractivity contribution in [2.75, 3.05) is 32.7 Å². The first-order valence-corrected chi connectivity index (χ1v) is 13.6. The minimum absolute atomic E-state index is 0.000306. The van der Waals surface area contributed by atoms with Crippen LogP contribution < -0.4 is 0 Å². The Bertz CT molecular complexity index is 1430. The molecule has 2 aliphatic rings. The Kier molecular flexibility index (Phi) is 6.94. The van der Waals surface area contributed by atoms with Crippen LogP contribution in [0.2, 0.25) is 0 Å². The summed E-state index contributed by atoms with van der Waals surface area (Å²) < 4.78 is 28.0. The van der Waals surface area contributed by atoms with Crippen molar-refractivity contribution in [3.63, 3.8) is 0 Å². The molecule has 4 aromatic rings. The van der Waals surface area contributed by atoms with E-state index in [2.05, 4.69) is 35.2 Å². The van der Waals surface area contributed by atoms with Crippen LogP contribution in [0.3, 0.4) is 0 Å². The predicted molar refractivity (Wildman–Crippen MR) is 147 cm³/mol. The van der Waals surface area contributed by atoms with E-state index >= 15 is 0 Å². The first kappa shape index (κ1) is 24.7. The standard InChI is InChI=1S/C33H32F2N2O/c34-31-14-13-26(19-32(31)35)30-22-37(33(38)29-12-6-10-25-9-4-5-11-28(25)29)21-27(30)20-36-17-15-24(16-18-36)23-7-2-1-3-8-23/h1-14,19,24,27,30H,15-18,20-22H2/t27-,30+/m0/s1. The minimum atomic E-state index is -0.838. The Morgan fingerprint density at radius 2 is 1.50 bits per heavy atom. The van der Waals surface area contributed by atoms with Gasteiger partial charge in [0.15, 0.2) is 11.6 Å². The zero-order chi connectivity index (χ0) is 26.1. The lowest BCUT2D eigenvalue weighted by Crippen LogP contribution is -2.38. The van der Waals surface area contributed by atoms with Crippen LogP contribution in [0.5, 0.6) is 0 Å². The maximum Gasteiger partial charge on any atom is 0.254 e. The average molecular weight is 511 g/mol. The second-order valence-electron chi connectivity index (χ2n) is 10.8. The van der Waals surface area contributed by atoms with Crippen molar-refractivity contribution in [3.8, 4) is 0 Å². The summed E-state index contributed by atoms with van der Waals surface area (Å²) in [5.41, 5.74) is 2.86. The molecule has 0 radical (unpaired) electrons. The lowest BCUT2D eigenvalue weighted by molar-refractivity contribution is 0.0783. The smallest absolute Gasteiger partial charge is 0.254 e. The lowest BCUT2D eigenvalue weighted by Gasteiger charge is -2.34. The van der Waals surface area contributed by atoms with E-state index in [1.807, 2.05) is 47.4 Å². The molecule has 6 rings (SSSR count). The van der Waals surface area contributed by atoms with Crippen LogP contribution in [-0.2, 0) is 0 Å². The molecule has 2 heterocycles. The first-order valence-electron chi connectivity index (χ1n) is 13.6. The third-order valence-corrected chi connectivity index (χ3v) is 8.47. The monoisotopic (exact) mass is 510 g/mol. The number of halogens is 2. The van der Waals surface area contributed by atoms with Gasteiger partial charge in [-0.25, -0.2) is 8.78 Å². The molecule has 0 saturated carbocycles. The molecule has 2 atom stereocenters. The summed E-state index contributed by atoms with van der Waals surface area (Å²) in [4.78, 5) is 18.2. The number of carbonyl (C=O) groups is 1. The molecule has 2 fully saturated rings. The van der Waals surface area contributed by atoms with E-state index in [1.54, 1.807) is 6.07 Å². The number of hydrogen-bond acceptors (Lipinski definition) is 2. The summed E-state index contributed by atoms with van der Waals surface area (Å²) in [6, 6.07) is 28.7. The van der Waals surface area contributed by atoms with Crippen LogP contribution >= 0.6 is 0 Å². The summed E-state index contributed by atoms with van der Waals surface area (Å²) in [7, 11) is 0. The summed E-state index contributed by atoms with van der Waals surface area (Å²) in [6.45, 7) is 3.93. The molecule has 0 aliphatic carbocycles. The number of fused-ring (bicyclic) bond motifs is 1. The number of benzene rings is 4. The number of piperidine rings is 1. The normalized spacial score (nSPS) is 20.7. The highest BCUT2D eigenvalue weighted by atomic mass is 19.2. The number of nitrogens with zero attached hydrogens (tertiary/aromatic N) is 2.